The third-order valence-electron chi connectivity index (χ3n) is 3.80. The molecule has 1 fully saturated rings. The Hall–Kier alpha value is -3.36. The van der Waals surface area contributed by atoms with E-state index in [1.54, 1.807) is 48.5 Å². The molecule has 0 radical (unpaired) electrons. The van der Waals surface area contributed by atoms with E-state index in [9.17, 15) is 4.39 Å². The number of nitrogens with one attached hydrogen (secondary N) is 1. The first-order chi connectivity index (χ1) is 14.2. The fourth-order valence-corrected chi connectivity index (χ4v) is 2.64. The lowest BCUT2D eigenvalue weighted by molar-refractivity contribution is -0.0552. The van der Waals surface area contributed by atoms with Crippen LogP contribution in [0.4, 0.5) is 4.39 Å². The average Bonchev–Trinajstić information content (AvgIpc) is 2.74. The summed E-state index contributed by atoms with van der Waals surface area (Å²) in [6, 6.07) is 13.7. The van der Waals surface area contributed by atoms with Gasteiger partial charge in [-0.1, -0.05) is 41.9 Å². The van der Waals surface area contributed by atoms with Gasteiger partial charge >= 0.3 is 0 Å². The molecule has 0 saturated carbocycles. The molecule has 1 saturated heterocycles. The Bertz CT molecular complexity index is 1040. The quantitative estimate of drug-likeness (QED) is 0.647. The maximum atomic E-state index is 14.9. The SMILES string of the molecule is Fc1c(Oc2ccccc2Cl)ncnc1Oc1ccccc1/C=C1\NOCCO1. The summed E-state index contributed by atoms with van der Waals surface area (Å²) in [4.78, 5) is 12.8. The molecule has 1 aliphatic rings. The highest BCUT2D eigenvalue weighted by Crippen LogP contribution is 2.33. The number of ether oxygens (including phenoxy) is 3. The molecule has 1 aliphatic heterocycles. The van der Waals surface area contributed by atoms with Gasteiger partial charge in [-0.05, 0) is 18.2 Å². The van der Waals surface area contributed by atoms with E-state index in [1.807, 2.05) is 6.07 Å². The maximum absolute atomic E-state index is 14.9. The van der Waals surface area contributed by atoms with Crippen LogP contribution in [0.5, 0.6) is 23.3 Å². The van der Waals surface area contributed by atoms with Crippen molar-refractivity contribution in [2.24, 2.45) is 0 Å². The van der Waals surface area contributed by atoms with Crippen molar-refractivity contribution in [1.82, 2.24) is 15.4 Å². The summed E-state index contributed by atoms with van der Waals surface area (Å²) in [5.41, 5.74) is 3.29. The maximum Gasteiger partial charge on any atom is 0.263 e. The van der Waals surface area contributed by atoms with Gasteiger partial charge in [0.1, 0.15) is 31.0 Å². The van der Waals surface area contributed by atoms with E-state index >= 15 is 0 Å². The molecular formula is C20H15ClFN3O4. The van der Waals surface area contributed by atoms with Gasteiger partial charge in [0.15, 0.2) is 0 Å². The molecule has 0 spiro atoms. The Balaban J connectivity index is 1.60. The number of rotatable bonds is 5. The predicted molar refractivity (Wildman–Crippen MR) is 103 cm³/mol. The van der Waals surface area contributed by atoms with Gasteiger partial charge in [-0.15, -0.1) is 0 Å². The zero-order chi connectivity index (χ0) is 20.1. The first-order valence-corrected chi connectivity index (χ1v) is 9.00. The van der Waals surface area contributed by atoms with Crippen molar-refractivity contribution >= 4 is 17.7 Å². The van der Waals surface area contributed by atoms with Gasteiger partial charge in [-0.2, -0.15) is 14.4 Å². The molecule has 1 N–H and O–H groups in total. The van der Waals surface area contributed by atoms with Crippen LogP contribution in [0.15, 0.2) is 60.7 Å². The van der Waals surface area contributed by atoms with E-state index in [4.69, 9.17) is 30.6 Å². The van der Waals surface area contributed by atoms with Crippen molar-refractivity contribution in [1.29, 1.82) is 0 Å². The van der Waals surface area contributed by atoms with Gasteiger partial charge in [0.25, 0.3) is 11.8 Å². The number of benzene rings is 2. The second kappa shape index (κ2) is 8.76. The molecule has 29 heavy (non-hydrogen) atoms. The van der Waals surface area contributed by atoms with Crippen LogP contribution in [0.1, 0.15) is 5.56 Å². The number of aromatic nitrogens is 2. The van der Waals surface area contributed by atoms with Crippen LogP contribution < -0.4 is 15.0 Å². The van der Waals surface area contributed by atoms with Crippen LogP contribution in [0.25, 0.3) is 6.08 Å². The lowest BCUT2D eigenvalue weighted by atomic mass is 10.2. The molecule has 0 unspecified atom stereocenters. The highest BCUT2D eigenvalue weighted by atomic mass is 35.5. The first-order valence-electron chi connectivity index (χ1n) is 8.63. The summed E-state index contributed by atoms with van der Waals surface area (Å²) in [5, 5.41) is 0.326. The fourth-order valence-electron chi connectivity index (χ4n) is 2.47. The van der Waals surface area contributed by atoms with Crippen molar-refractivity contribution in [3.8, 4) is 23.3 Å². The first kappa shape index (κ1) is 19.0. The highest BCUT2D eigenvalue weighted by Gasteiger charge is 2.18. The van der Waals surface area contributed by atoms with Crippen molar-refractivity contribution in [2.45, 2.75) is 0 Å². The monoisotopic (exact) mass is 415 g/mol. The highest BCUT2D eigenvalue weighted by molar-refractivity contribution is 6.32. The van der Waals surface area contributed by atoms with Gasteiger partial charge in [0.05, 0.1) is 5.02 Å². The smallest absolute Gasteiger partial charge is 0.263 e. The molecular weight excluding hydrogens is 401 g/mol. The molecule has 2 aromatic carbocycles. The molecule has 148 valence electrons. The summed E-state index contributed by atoms with van der Waals surface area (Å²) in [7, 11) is 0. The number of para-hydroxylation sites is 2. The van der Waals surface area contributed by atoms with E-state index in [-0.39, 0.29) is 17.5 Å². The molecule has 0 bridgehead atoms. The lowest BCUT2D eigenvalue weighted by Crippen LogP contribution is -2.25. The Morgan fingerprint density at radius 1 is 0.966 bits per heavy atom. The molecule has 2 heterocycles. The lowest BCUT2D eigenvalue weighted by Gasteiger charge is -2.18. The van der Waals surface area contributed by atoms with Crippen LogP contribution >= 0.6 is 11.6 Å². The van der Waals surface area contributed by atoms with Gasteiger partial charge in [0, 0.05) is 11.6 Å². The molecule has 1 aromatic heterocycles. The minimum absolute atomic E-state index is 0.267. The molecule has 3 aromatic rings. The zero-order valence-corrected chi connectivity index (χ0v) is 15.7. The van der Waals surface area contributed by atoms with Gasteiger partial charge in [-0.3, -0.25) is 4.84 Å². The van der Waals surface area contributed by atoms with E-state index < -0.39 is 5.82 Å². The number of hydroxylamine groups is 1. The number of nitrogens with zero attached hydrogens (tertiary/aromatic N) is 2. The molecule has 9 heteroatoms. The topological polar surface area (TPSA) is 74.7 Å². The van der Waals surface area contributed by atoms with E-state index in [0.717, 1.165) is 6.33 Å². The Morgan fingerprint density at radius 2 is 1.66 bits per heavy atom. The Labute approximate surface area is 170 Å². The Morgan fingerprint density at radius 3 is 2.38 bits per heavy atom. The fraction of sp³-hybridized carbons (Fsp3) is 0.100. The molecule has 4 rings (SSSR count). The van der Waals surface area contributed by atoms with Crippen molar-refractivity contribution in [3.05, 3.63) is 77.1 Å². The second-order valence-corrected chi connectivity index (χ2v) is 6.19. The van der Waals surface area contributed by atoms with Crippen molar-refractivity contribution in [3.63, 3.8) is 0 Å². The zero-order valence-electron chi connectivity index (χ0n) is 15.0. The van der Waals surface area contributed by atoms with Crippen LogP contribution in [0.2, 0.25) is 5.02 Å². The predicted octanol–water partition coefficient (Wildman–Crippen LogP) is 4.70. The summed E-state index contributed by atoms with van der Waals surface area (Å²) >= 11 is 6.05. The van der Waals surface area contributed by atoms with Gasteiger partial charge < -0.3 is 14.2 Å². The summed E-state index contributed by atoms with van der Waals surface area (Å²) in [5.74, 6) is -0.407. The van der Waals surface area contributed by atoms with Crippen LogP contribution in [-0.4, -0.2) is 23.2 Å². The molecule has 0 amide bonds. The standard InChI is InChI=1S/C20H15ClFN3O4/c21-14-6-2-4-8-16(14)29-20-18(22)19(23-12-24-20)28-15-7-3-1-5-13(15)11-17-25-27-10-9-26-17/h1-8,11-12,25H,9-10H2/b17-11+. The number of halogens is 2. The normalized spacial score (nSPS) is 14.8. The van der Waals surface area contributed by atoms with Crippen molar-refractivity contribution < 1.29 is 23.4 Å². The molecule has 7 nitrogen and oxygen atoms in total. The molecule has 0 aliphatic carbocycles. The minimum Gasteiger partial charge on any atom is -0.475 e. The van der Waals surface area contributed by atoms with E-state index in [2.05, 4.69) is 15.4 Å². The second-order valence-electron chi connectivity index (χ2n) is 5.78. The van der Waals surface area contributed by atoms with E-state index in [1.165, 1.54) is 0 Å². The molecule has 0 atom stereocenters. The van der Waals surface area contributed by atoms with Crippen LogP contribution in [0.3, 0.4) is 0 Å². The number of hydrogen-bond donors (Lipinski definition) is 1. The van der Waals surface area contributed by atoms with Crippen LogP contribution in [-0.2, 0) is 9.57 Å². The van der Waals surface area contributed by atoms with Crippen molar-refractivity contribution in [2.75, 3.05) is 13.2 Å². The largest absolute Gasteiger partial charge is 0.475 e. The Kier molecular flexibility index (Phi) is 5.73. The van der Waals surface area contributed by atoms with Crippen LogP contribution in [0, 0.1) is 5.82 Å². The number of hydrogen-bond acceptors (Lipinski definition) is 7. The minimum atomic E-state index is -0.856. The third-order valence-corrected chi connectivity index (χ3v) is 4.11. The van der Waals surface area contributed by atoms with E-state index in [0.29, 0.717) is 35.4 Å². The summed E-state index contributed by atoms with van der Waals surface area (Å²) in [6.45, 7) is 0.862. The summed E-state index contributed by atoms with van der Waals surface area (Å²) < 4.78 is 31.5. The van der Waals surface area contributed by atoms with Gasteiger partial charge in [0.2, 0.25) is 11.7 Å². The summed E-state index contributed by atoms with van der Waals surface area (Å²) in [6.07, 6.45) is 2.82. The average molecular weight is 416 g/mol. The van der Waals surface area contributed by atoms with Gasteiger partial charge in [-0.25, -0.2) is 5.48 Å². The third kappa shape index (κ3) is 4.56.